The first kappa shape index (κ1) is 21.9. The Morgan fingerprint density at radius 1 is 1.09 bits per heavy atom. The van der Waals surface area contributed by atoms with Crippen molar-refractivity contribution < 1.29 is 13.9 Å². The summed E-state index contributed by atoms with van der Waals surface area (Å²) in [7, 11) is 0. The van der Waals surface area contributed by atoms with Crippen molar-refractivity contribution in [2.45, 2.75) is 29.7 Å². The number of ether oxygens (including phenoxy) is 1. The zero-order valence-corrected chi connectivity index (χ0v) is 19.0. The monoisotopic (exact) mass is 466 g/mol. The minimum atomic E-state index is -0.324. The summed E-state index contributed by atoms with van der Waals surface area (Å²) in [5.41, 5.74) is 1.82. The third-order valence-electron chi connectivity index (χ3n) is 4.42. The summed E-state index contributed by atoms with van der Waals surface area (Å²) >= 11 is 2.77. The van der Waals surface area contributed by atoms with Gasteiger partial charge in [0.1, 0.15) is 18.1 Å². The van der Waals surface area contributed by atoms with E-state index < -0.39 is 0 Å². The average molecular weight is 467 g/mol. The average Bonchev–Trinajstić information content (AvgIpc) is 3.50. The van der Waals surface area contributed by atoms with Gasteiger partial charge in [-0.25, -0.2) is 0 Å². The first-order valence-electron chi connectivity index (χ1n) is 10.00. The van der Waals surface area contributed by atoms with Crippen LogP contribution in [-0.4, -0.2) is 21.4 Å². The predicted octanol–water partition coefficient (Wildman–Crippen LogP) is 5.44. The number of hydrogen-bond acceptors (Lipinski definition) is 8. The largest absolute Gasteiger partial charge is 0.489 e. The summed E-state index contributed by atoms with van der Waals surface area (Å²) in [6.07, 6.45) is 1.63. The van der Waals surface area contributed by atoms with Crippen molar-refractivity contribution >= 4 is 39.8 Å². The Balaban J connectivity index is 1.23. The van der Waals surface area contributed by atoms with E-state index in [1.165, 1.54) is 23.1 Å². The highest BCUT2D eigenvalue weighted by molar-refractivity contribution is 8.02. The lowest BCUT2D eigenvalue weighted by molar-refractivity contribution is -0.115. The second-order valence-electron chi connectivity index (χ2n) is 6.85. The molecular weight excluding hydrogens is 444 g/mol. The topological polar surface area (TPSA) is 89.3 Å². The van der Waals surface area contributed by atoms with Crippen LogP contribution in [0.4, 0.5) is 10.8 Å². The number of amides is 1. The third kappa shape index (κ3) is 6.35. The van der Waals surface area contributed by atoms with Gasteiger partial charge in [-0.05, 0) is 48.9 Å². The predicted molar refractivity (Wildman–Crippen MR) is 127 cm³/mol. The summed E-state index contributed by atoms with van der Waals surface area (Å²) in [4.78, 5) is 12.6. The van der Waals surface area contributed by atoms with Gasteiger partial charge in [0.15, 0.2) is 4.34 Å². The number of benzene rings is 2. The Labute approximate surface area is 194 Å². The smallest absolute Gasteiger partial charge is 0.237 e. The maximum Gasteiger partial charge on any atom is 0.237 e. The highest BCUT2D eigenvalue weighted by atomic mass is 32.2. The lowest BCUT2D eigenvalue weighted by Crippen LogP contribution is -2.22. The van der Waals surface area contributed by atoms with Gasteiger partial charge in [-0.1, -0.05) is 53.4 Å². The summed E-state index contributed by atoms with van der Waals surface area (Å²) in [6.45, 7) is 2.88. The van der Waals surface area contributed by atoms with E-state index in [0.29, 0.717) is 24.0 Å². The minimum Gasteiger partial charge on any atom is -0.489 e. The first-order valence-corrected chi connectivity index (χ1v) is 11.7. The van der Waals surface area contributed by atoms with E-state index >= 15 is 0 Å². The molecule has 4 aromatic rings. The fourth-order valence-corrected chi connectivity index (χ4v) is 4.62. The van der Waals surface area contributed by atoms with E-state index in [2.05, 4.69) is 20.8 Å². The Morgan fingerprint density at radius 2 is 1.91 bits per heavy atom. The molecule has 2 aromatic heterocycles. The fraction of sp³-hybridized carbons (Fsp3) is 0.174. The maximum absolute atomic E-state index is 12.6. The fourth-order valence-electron chi connectivity index (χ4n) is 2.73. The van der Waals surface area contributed by atoms with E-state index in [0.717, 1.165) is 21.4 Å². The van der Waals surface area contributed by atoms with Crippen LogP contribution in [0.25, 0.3) is 0 Å². The molecule has 1 atom stereocenters. The van der Waals surface area contributed by atoms with E-state index in [1.807, 2.05) is 73.7 Å². The standard InChI is InChI=1S/C23H22N4O3S2/c1-16(31-23-27-26-22(32-23)24-14-20-8-5-13-29-20)21(28)25-18-9-11-19(12-10-18)30-15-17-6-3-2-4-7-17/h2-13,16H,14-15H2,1H3,(H,24,26)(H,25,28). The van der Waals surface area contributed by atoms with Gasteiger partial charge in [0.25, 0.3) is 0 Å². The molecule has 32 heavy (non-hydrogen) atoms. The molecule has 0 saturated carbocycles. The van der Waals surface area contributed by atoms with Gasteiger partial charge in [-0.3, -0.25) is 4.79 Å². The van der Waals surface area contributed by atoms with E-state index in [-0.39, 0.29) is 11.2 Å². The number of carbonyl (C=O) groups is 1. The molecule has 0 spiro atoms. The summed E-state index contributed by atoms with van der Waals surface area (Å²) < 4.78 is 11.8. The van der Waals surface area contributed by atoms with Gasteiger partial charge in [0.2, 0.25) is 11.0 Å². The number of nitrogens with one attached hydrogen (secondary N) is 2. The van der Waals surface area contributed by atoms with Gasteiger partial charge in [0, 0.05) is 5.69 Å². The zero-order valence-electron chi connectivity index (χ0n) is 17.4. The second-order valence-corrected chi connectivity index (χ2v) is 9.42. The van der Waals surface area contributed by atoms with Crippen molar-refractivity contribution in [2.75, 3.05) is 10.6 Å². The molecule has 1 unspecified atom stereocenters. The molecule has 164 valence electrons. The molecular formula is C23H22N4O3S2. The Bertz CT molecular complexity index is 1120. The van der Waals surface area contributed by atoms with Crippen LogP contribution in [-0.2, 0) is 17.9 Å². The van der Waals surface area contributed by atoms with Crippen LogP contribution in [0, 0.1) is 0 Å². The Kier molecular flexibility index (Phi) is 7.42. The minimum absolute atomic E-state index is 0.103. The number of carbonyl (C=O) groups excluding carboxylic acids is 1. The molecule has 4 rings (SSSR count). The van der Waals surface area contributed by atoms with Gasteiger partial charge in [-0.15, -0.1) is 10.2 Å². The van der Waals surface area contributed by atoms with Gasteiger partial charge in [0.05, 0.1) is 18.1 Å². The van der Waals surface area contributed by atoms with Crippen LogP contribution in [0.15, 0.2) is 81.8 Å². The van der Waals surface area contributed by atoms with E-state index in [1.54, 1.807) is 6.26 Å². The summed E-state index contributed by atoms with van der Waals surface area (Å²) in [5, 5.41) is 14.7. The molecule has 1 amide bonds. The quantitative estimate of drug-likeness (QED) is 0.301. The normalized spacial score (nSPS) is 11.7. The first-order chi connectivity index (χ1) is 15.7. The molecule has 0 radical (unpaired) electrons. The number of thioether (sulfide) groups is 1. The van der Waals surface area contributed by atoms with Gasteiger partial charge in [-0.2, -0.15) is 0 Å². The van der Waals surface area contributed by atoms with Crippen LogP contribution >= 0.6 is 23.1 Å². The number of aromatic nitrogens is 2. The van der Waals surface area contributed by atoms with E-state index in [4.69, 9.17) is 9.15 Å². The lowest BCUT2D eigenvalue weighted by atomic mass is 10.2. The van der Waals surface area contributed by atoms with Crippen molar-refractivity contribution in [3.63, 3.8) is 0 Å². The molecule has 0 fully saturated rings. The molecule has 0 aliphatic rings. The van der Waals surface area contributed by atoms with Crippen molar-refractivity contribution in [3.05, 3.63) is 84.3 Å². The Morgan fingerprint density at radius 3 is 2.66 bits per heavy atom. The molecule has 0 aliphatic carbocycles. The summed E-state index contributed by atoms with van der Waals surface area (Å²) in [5.74, 6) is 1.46. The number of anilines is 2. The van der Waals surface area contributed by atoms with Crippen LogP contribution < -0.4 is 15.4 Å². The summed E-state index contributed by atoms with van der Waals surface area (Å²) in [6, 6.07) is 21.1. The number of furan rings is 1. The lowest BCUT2D eigenvalue weighted by Gasteiger charge is -2.11. The highest BCUT2D eigenvalue weighted by Gasteiger charge is 2.17. The number of nitrogens with zero attached hydrogens (tertiary/aromatic N) is 2. The Hall–Kier alpha value is -3.30. The second kappa shape index (κ2) is 10.8. The molecule has 0 bridgehead atoms. The van der Waals surface area contributed by atoms with Crippen LogP contribution in [0.3, 0.4) is 0 Å². The van der Waals surface area contributed by atoms with Crippen LogP contribution in [0.1, 0.15) is 18.2 Å². The highest BCUT2D eigenvalue weighted by Crippen LogP contribution is 2.30. The van der Waals surface area contributed by atoms with Crippen LogP contribution in [0.2, 0.25) is 0 Å². The van der Waals surface area contributed by atoms with Gasteiger partial charge >= 0.3 is 0 Å². The molecule has 7 nitrogen and oxygen atoms in total. The van der Waals surface area contributed by atoms with Crippen LogP contribution in [0.5, 0.6) is 5.75 Å². The van der Waals surface area contributed by atoms with Crippen molar-refractivity contribution in [1.29, 1.82) is 0 Å². The number of rotatable bonds is 10. The molecule has 0 aliphatic heterocycles. The molecule has 9 heteroatoms. The van der Waals surface area contributed by atoms with Gasteiger partial charge < -0.3 is 19.8 Å². The molecule has 2 aromatic carbocycles. The SMILES string of the molecule is CC(Sc1nnc(NCc2ccco2)s1)C(=O)Nc1ccc(OCc2ccccc2)cc1. The van der Waals surface area contributed by atoms with Crippen molar-refractivity contribution in [3.8, 4) is 5.75 Å². The van der Waals surface area contributed by atoms with Crippen molar-refractivity contribution in [2.24, 2.45) is 0 Å². The van der Waals surface area contributed by atoms with E-state index in [9.17, 15) is 4.79 Å². The zero-order chi connectivity index (χ0) is 22.2. The maximum atomic E-state index is 12.6. The number of hydrogen-bond donors (Lipinski definition) is 2. The van der Waals surface area contributed by atoms with Crippen molar-refractivity contribution in [1.82, 2.24) is 10.2 Å². The molecule has 2 N–H and O–H groups in total. The molecule has 0 saturated heterocycles. The molecule has 2 heterocycles. The third-order valence-corrected chi connectivity index (χ3v) is 6.48.